The zero-order valence-electron chi connectivity index (χ0n) is 14.2. The number of benzene rings is 2. The van der Waals surface area contributed by atoms with Gasteiger partial charge in [0.2, 0.25) is 11.6 Å². The van der Waals surface area contributed by atoms with Crippen molar-refractivity contribution < 1.29 is 18.0 Å². The Morgan fingerprint density at radius 1 is 0.929 bits per heavy atom. The number of Topliss-reactive ketones (excluding diaryl/α,β-unsaturated/α-hetero) is 1. The van der Waals surface area contributed by atoms with Gasteiger partial charge in [-0.05, 0) is 12.1 Å². The molecule has 28 heavy (non-hydrogen) atoms. The predicted molar refractivity (Wildman–Crippen MR) is 99.6 cm³/mol. The summed E-state index contributed by atoms with van der Waals surface area (Å²) in [6, 6.07) is 17.8. The zero-order valence-corrected chi connectivity index (χ0v) is 15.1. The Kier molecular flexibility index (Phi) is 4.02. The molecule has 0 N–H and O–H groups in total. The number of nitriles is 1. The van der Waals surface area contributed by atoms with Crippen LogP contribution in [0.25, 0.3) is 16.8 Å². The molecule has 0 unspecified atom stereocenters. The molecule has 4 rings (SSSR count). The number of hydrogen-bond donors (Lipinski definition) is 0. The summed E-state index contributed by atoms with van der Waals surface area (Å²) < 4.78 is 27.0. The van der Waals surface area contributed by atoms with Gasteiger partial charge in [0.15, 0.2) is 0 Å². The van der Waals surface area contributed by atoms with Crippen molar-refractivity contribution >= 4 is 27.2 Å². The molecule has 0 bridgehead atoms. The molecule has 0 saturated heterocycles. The van der Waals surface area contributed by atoms with E-state index in [1.807, 2.05) is 0 Å². The van der Waals surface area contributed by atoms with Gasteiger partial charge in [-0.1, -0.05) is 48.5 Å². The molecule has 0 radical (unpaired) electrons. The summed E-state index contributed by atoms with van der Waals surface area (Å²) in [7, 11) is -4.20. The summed E-state index contributed by atoms with van der Waals surface area (Å²) in [6.07, 6.45) is 0.845. The molecule has 1 aromatic heterocycles. The molecule has 0 spiro atoms. The molecule has 1 heterocycles. The van der Waals surface area contributed by atoms with Crippen LogP contribution in [-0.2, 0) is 14.8 Å². The van der Waals surface area contributed by atoms with E-state index in [2.05, 4.69) is 5.10 Å². The molecule has 1 aliphatic rings. The second-order valence-corrected chi connectivity index (χ2v) is 7.73. The number of aromatic nitrogens is 2. The van der Waals surface area contributed by atoms with Gasteiger partial charge in [0.25, 0.3) is 10.0 Å². The first kappa shape index (κ1) is 17.6. The molecule has 0 fully saturated rings. The molecule has 1 aliphatic carbocycles. The number of carbonyl (C=O) groups excluding carboxylic acids is 2. The smallest absolute Gasteiger partial charge is 0.283 e. The Morgan fingerprint density at radius 3 is 2.14 bits per heavy atom. The number of carbonyl (C=O) groups is 2. The largest absolute Gasteiger partial charge is 0.285 e. The van der Waals surface area contributed by atoms with Crippen LogP contribution in [0, 0.1) is 11.3 Å². The Hall–Kier alpha value is -3.83. The molecule has 2 aromatic carbocycles. The summed E-state index contributed by atoms with van der Waals surface area (Å²) in [5, 5.41) is 13.6. The molecular weight excluding hydrogens is 378 g/mol. The lowest BCUT2D eigenvalue weighted by atomic mass is 9.92. The van der Waals surface area contributed by atoms with E-state index in [0.29, 0.717) is 9.65 Å². The zero-order chi connectivity index (χ0) is 19.9. The Balaban J connectivity index is 2.10. The van der Waals surface area contributed by atoms with Gasteiger partial charge in [-0.3, -0.25) is 9.59 Å². The molecule has 136 valence electrons. The third-order valence-electron chi connectivity index (χ3n) is 4.27. The summed E-state index contributed by atoms with van der Waals surface area (Å²) in [5.74, 6) is -1.79. The fraction of sp³-hybridized carbons (Fsp3) is 0. The van der Waals surface area contributed by atoms with Crippen LogP contribution < -0.4 is 0 Å². The molecular formula is C20H11N3O4S. The minimum atomic E-state index is -4.20. The van der Waals surface area contributed by atoms with Crippen LogP contribution in [0.15, 0.2) is 71.6 Å². The average Bonchev–Trinajstić information content (AvgIpc) is 3.14. The van der Waals surface area contributed by atoms with Crippen LogP contribution in [0.5, 0.6) is 0 Å². The lowest BCUT2D eigenvalue weighted by Gasteiger charge is -2.11. The van der Waals surface area contributed by atoms with Gasteiger partial charge in [0.05, 0.1) is 16.0 Å². The van der Waals surface area contributed by atoms with Crippen LogP contribution in [0.4, 0.5) is 0 Å². The van der Waals surface area contributed by atoms with E-state index in [1.54, 1.807) is 54.6 Å². The minimum Gasteiger partial charge on any atom is -0.285 e. The van der Waals surface area contributed by atoms with Gasteiger partial charge in [-0.2, -0.15) is 22.9 Å². The fourth-order valence-corrected chi connectivity index (χ4v) is 4.31. The van der Waals surface area contributed by atoms with Gasteiger partial charge in [-0.15, -0.1) is 0 Å². The van der Waals surface area contributed by atoms with Crippen molar-refractivity contribution in [2.45, 2.75) is 4.90 Å². The summed E-state index contributed by atoms with van der Waals surface area (Å²) in [5.41, 5.74) is -0.117. The number of hydrogen-bond acceptors (Lipinski definition) is 6. The van der Waals surface area contributed by atoms with Gasteiger partial charge >= 0.3 is 0 Å². The number of rotatable bonds is 3. The van der Waals surface area contributed by atoms with Crippen molar-refractivity contribution in [2.24, 2.45) is 0 Å². The third kappa shape index (κ3) is 2.57. The van der Waals surface area contributed by atoms with Gasteiger partial charge in [0, 0.05) is 11.6 Å². The number of ketones is 2. The molecule has 8 heteroatoms. The third-order valence-corrected chi connectivity index (χ3v) is 5.86. The van der Waals surface area contributed by atoms with Crippen LogP contribution >= 0.6 is 0 Å². The SMILES string of the molecule is N#CC1=CC(=O)C(=O)c2c(-c3ccccc3)nn(S(=O)(=O)c3ccccc3)c21. The first-order chi connectivity index (χ1) is 13.4. The van der Waals surface area contributed by atoms with Crippen molar-refractivity contribution in [3.05, 3.63) is 78.0 Å². The molecule has 0 atom stereocenters. The van der Waals surface area contributed by atoms with E-state index in [9.17, 15) is 23.3 Å². The van der Waals surface area contributed by atoms with Gasteiger partial charge < -0.3 is 0 Å². The quantitative estimate of drug-likeness (QED) is 0.637. The van der Waals surface area contributed by atoms with E-state index in [0.717, 1.165) is 6.08 Å². The highest BCUT2D eigenvalue weighted by Gasteiger charge is 2.37. The highest BCUT2D eigenvalue weighted by molar-refractivity contribution is 7.89. The molecule has 0 amide bonds. The lowest BCUT2D eigenvalue weighted by molar-refractivity contribution is -0.110. The van der Waals surface area contributed by atoms with E-state index < -0.39 is 21.6 Å². The summed E-state index contributed by atoms with van der Waals surface area (Å²) in [4.78, 5) is 24.6. The highest BCUT2D eigenvalue weighted by Crippen LogP contribution is 2.35. The maximum atomic E-state index is 13.2. The van der Waals surface area contributed by atoms with E-state index in [-0.39, 0.29) is 27.4 Å². The maximum Gasteiger partial charge on any atom is 0.283 e. The topological polar surface area (TPSA) is 110 Å². The molecule has 3 aromatic rings. The second-order valence-electron chi connectivity index (χ2n) is 5.96. The van der Waals surface area contributed by atoms with Gasteiger partial charge in [0.1, 0.15) is 17.5 Å². The normalized spacial score (nSPS) is 13.6. The predicted octanol–water partition coefficient (Wildman–Crippen LogP) is 2.46. The fourth-order valence-electron chi connectivity index (χ4n) is 2.99. The van der Waals surface area contributed by atoms with E-state index in [4.69, 9.17) is 0 Å². The van der Waals surface area contributed by atoms with Crippen molar-refractivity contribution in [1.82, 2.24) is 9.19 Å². The maximum absolute atomic E-state index is 13.2. The Bertz CT molecular complexity index is 1300. The van der Waals surface area contributed by atoms with Crippen molar-refractivity contribution in [3.8, 4) is 17.3 Å². The van der Waals surface area contributed by atoms with E-state index >= 15 is 0 Å². The number of fused-ring (bicyclic) bond motifs is 1. The molecule has 7 nitrogen and oxygen atoms in total. The van der Waals surface area contributed by atoms with Crippen molar-refractivity contribution in [1.29, 1.82) is 5.26 Å². The Labute approximate surface area is 160 Å². The van der Waals surface area contributed by atoms with Crippen molar-refractivity contribution in [2.75, 3.05) is 0 Å². The van der Waals surface area contributed by atoms with Crippen molar-refractivity contribution in [3.63, 3.8) is 0 Å². The Morgan fingerprint density at radius 2 is 1.54 bits per heavy atom. The lowest BCUT2D eigenvalue weighted by Crippen LogP contribution is -2.22. The second kappa shape index (κ2) is 6.40. The average molecular weight is 389 g/mol. The summed E-state index contributed by atoms with van der Waals surface area (Å²) >= 11 is 0. The van der Waals surface area contributed by atoms with Gasteiger partial charge in [-0.25, -0.2) is 0 Å². The highest BCUT2D eigenvalue weighted by atomic mass is 32.2. The molecule has 0 saturated carbocycles. The molecule has 0 aliphatic heterocycles. The van der Waals surface area contributed by atoms with Crippen LogP contribution in [0.1, 0.15) is 16.1 Å². The number of nitrogens with zero attached hydrogens (tertiary/aromatic N) is 3. The van der Waals surface area contributed by atoms with Crippen LogP contribution in [-0.4, -0.2) is 29.2 Å². The standard InChI is InChI=1S/C20H11N3O4S/c21-12-14-11-16(24)20(25)17-18(13-7-3-1-4-8-13)22-23(19(14)17)28(26,27)15-9-5-2-6-10-15/h1-11H. The summed E-state index contributed by atoms with van der Waals surface area (Å²) in [6.45, 7) is 0. The van der Waals surface area contributed by atoms with E-state index in [1.165, 1.54) is 12.1 Å². The monoisotopic (exact) mass is 389 g/mol. The van der Waals surface area contributed by atoms with Crippen LogP contribution in [0.2, 0.25) is 0 Å². The minimum absolute atomic E-state index is 0.0364. The van der Waals surface area contributed by atoms with Crippen LogP contribution in [0.3, 0.4) is 0 Å². The number of allylic oxidation sites excluding steroid dienone is 2. The first-order valence-electron chi connectivity index (χ1n) is 8.15. The first-order valence-corrected chi connectivity index (χ1v) is 9.59.